The second-order valence-corrected chi connectivity index (χ2v) is 9.03. The number of hydrogen-bond acceptors (Lipinski definition) is 4. The summed E-state index contributed by atoms with van der Waals surface area (Å²) >= 11 is 0. The van der Waals surface area contributed by atoms with Crippen molar-refractivity contribution in [3.63, 3.8) is 0 Å². The van der Waals surface area contributed by atoms with Crippen LogP contribution in [0.15, 0.2) is 64.5 Å². The van der Waals surface area contributed by atoms with Crippen LogP contribution in [0.5, 0.6) is 0 Å². The zero-order valence-corrected chi connectivity index (χ0v) is 15.4. The van der Waals surface area contributed by atoms with Gasteiger partial charge in [0.2, 0.25) is 9.84 Å². The molecule has 0 atom stereocenters. The second kappa shape index (κ2) is 5.17. The van der Waals surface area contributed by atoms with Crippen LogP contribution < -0.4 is 4.90 Å². The SMILES string of the molecule is CC(C)c1ccc2c(c1)N1c3ncccc3S(=O)(=O)c3cccc(c31)C2. The standard InChI is InChI=1S/C21H18N2O2S/c1-13(2)14-8-9-15-11-16-5-3-6-18-20(16)23(17(15)12-14)21-19(26(18,24)25)7-4-10-22-21/h3-10,12-13H,11H2,1-2H3. The van der Waals surface area contributed by atoms with Gasteiger partial charge >= 0.3 is 0 Å². The van der Waals surface area contributed by atoms with Gasteiger partial charge in [-0.25, -0.2) is 13.4 Å². The molecule has 130 valence electrons. The number of sulfone groups is 1. The van der Waals surface area contributed by atoms with Crippen molar-refractivity contribution in [3.05, 3.63) is 71.4 Å². The van der Waals surface area contributed by atoms with Gasteiger partial charge in [0, 0.05) is 12.6 Å². The van der Waals surface area contributed by atoms with Gasteiger partial charge in [-0.1, -0.05) is 38.1 Å². The molecule has 4 nitrogen and oxygen atoms in total. The van der Waals surface area contributed by atoms with E-state index in [2.05, 4.69) is 37.0 Å². The van der Waals surface area contributed by atoms with Crippen molar-refractivity contribution >= 4 is 27.0 Å². The van der Waals surface area contributed by atoms with Crippen LogP contribution in [0.4, 0.5) is 17.2 Å². The van der Waals surface area contributed by atoms with Gasteiger partial charge in [-0.15, -0.1) is 0 Å². The fraction of sp³-hybridized carbons (Fsp3) is 0.190. The van der Waals surface area contributed by atoms with E-state index in [0.717, 1.165) is 23.4 Å². The maximum Gasteiger partial charge on any atom is 0.212 e. The molecule has 0 N–H and O–H groups in total. The molecule has 5 heteroatoms. The Morgan fingerprint density at radius 1 is 1.00 bits per heavy atom. The van der Waals surface area contributed by atoms with E-state index in [1.165, 1.54) is 11.1 Å². The van der Waals surface area contributed by atoms with Crippen LogP contribution in [0.2, 0.25) is 0 Å². The Labute approximate surface area is 153 Å². The fourth-order valence-corrected chi connectivity index (χ4v) is 5.52. The molecular weight excluding hydrogens is 344 g/mol. The number of pyridine rings is 1. The van der Waals surface area contributed by atoms with Gasteiger partial charge in [0.05, 0.1) is 16.3 Å². The highest BCUT2D eigenvalue weighted by Gasteiger charge is 2.39. The first-order valence-corrected chi connectivity index (χ1v) is 10.2. The number of nitrogens with zero attached hydrogens (tertiary/aromatic N) is 2. The normalized spacial score (nSPS) is 16.0. The van der Waals surface area contributed by atoms with E-state index < -0.39 is 9.84 Å². The smallest absolute Gasteiger partial charge is 0.212 e. The first-order valence-electron chi connectivity index (χ1n) is 8.73. The van der Waals surface area contributed by atoms with E-state index in [9.17, 15) is 8.42 Å². The van der Waals surface area contributed by atoms with Crippen LogP contribution in [0.3, 0.4) is 0 Å². The predicted octanol–water partition coefficient (Wildman–Crippen LogP) is 4.73. The van der Waals surface area contributed by atoms with Gasteiger partial charge in [0.1, 0.15) is 4.90 Å². The number of aromatic nitrogens is 1. The van der Waals surface area contributed by atoms with Gasteiger partial charge in [0.25, 0.3) is 0 Å². The number of hydrogen-bond donors (Lipinski definition) is 0. The van der Waals surface area contributed by atoms with Crippen LogP contribution in [0.1, 0.15) is 36.5 Å². The molecule has 3 aromatic rings. The van der Waals surface area contributed by atoms with Crippen LogP contribution in [0.25, 0.3) is 0 Å². The zero-order valence-electron chi connectivity index (χ0n) is 14.6. The third-order valence-electron chi connectivity index (χ3n) is 5.25. The lowest BCUT2D eigenvalue weighted by Gasteiger charge is -2.38. The van der Waals surface area contributed by atoms with Crippen molar-refractivity contribution in [1.82, 2.24) is 4.98 Å². The Morgan fingerprint density at radius 3 is 2.62 bits per heavy atom. The van der Waals surface area contributed by atoms with Crippen molar-refractivity contribution in [2.75, 3.05) is 4.90 Å². The lowest BCUT2D eigenvalue weighted by Crippen LogP contribution is -2.28. The minimum atomic E-state index is -3.57. The van der Waals surface area contributed by atoms with Gasteiger partial charge in [-0.05, 0) is 46.9 Å². The number of para-hydroxylation sites is 1. The van der Waals surface area contributed by atoms with Gasteiger partial charge in [-0.2, -0.15) is 0 Å². The highest BCUT2D eigenvalue weighted by Crippen LogP contribution is 2.52. The zero-order chi connectivity index (χ0) is 18.1. The molecule has 2 aromatic carbocycles. The Kier molecular flexibility index (Phi) is 3.10. The second-order valence-electron chi connectivity index (χ2n) is 7.15. The van der Waals surface area contributed by atoms with Crippen molar-refractivity contribution in [3.8, 4) is 0 Å². The molecule has 1 aromatic heterocycles. The third-order valence-corrected chi connectivity index (χ3v) is 7.05. The quantitative estimate of drug-likeness (QED) is 0.433. The number of rotatable bonds is 1. The minimum absolute atomic E-state index is 0.271. The van der Waals surface area contributed by atoms with Crippen LogP contribution in [0, 0.1) is 0 Å². The molecule has 0 saturated carbocycles. The molecule has 0 bridgehead atoms. The minimum Gasteiger partial charge on any atom is -0.292 e. The summed E-state index contributed by atoms with van der Waals surface area (Å²) in [6.07, 6.45) is 2.38. The molecule has 0 radical (unpaired) electrons. The van der Waals surface area contributed by atoms with E-state index in [1.54, 1.807) is 24.4 Å². The summed E-state index contributed by atoms with van der Waals surface area (Å²) in [6, 6.07) is 15.4. The van der Waals surface area contributed by atoms with Crippen LogP contribution in [-0.4, -0.2) is 13.4 Å². The average Bonchev–Trinajstić information content (AvgIpc) is 2.64. The van der Waals surface area contributed by atoms with E-state index in [4.69, 9.17) is 0 Å². The first-order chi connectivity index (χ1) is 12.5. The lowest BCUT2D eigenvalue weighted by molar-refractivity contribution is 0.594. The van der Waals surface area contributed by atoms with Gasteiger partial charge < -0.3 is 0 Å². The van der Waals surface area contributed by atoms with Crippen molar-refractivity contribution in [2.45, 2.75) is 36.0 Å². The van der Waals surface area contributed by atoms with Crippen LogP contribution in [-0.2, 0) is 16.3 Å². The molecule has 0 unspecified atom stereocenters. The number of benzene rings is 2. The van der Waals surface area contributed by atoms with Gasteiger partial charge in [0.15, 0.2) is 5.82 Å². The fourth-order valence-electron chi connectivity index (χ4n) is 3.90. The molecule has 0 saturated heterocycles. The lowest BCUT2D eigenvalue weighted by atomic mass is 9.92. The Bertz CT molecular complexity index is 1170. The third kappa shape index (κ3) is 1.95. The maximum atomic E-state index is 13.2. The molecule has 0 aliphatic carbocycles. The molecule has 2 aliphatic rings. The van der Waals surface area contributed by atoms with E-state index >= 15 is 0 Å². The van der Waals surface area contributed by atoms with Gasteiger partial charge in [-0.3, -0.25) is 4.90 Å². The molecule has 0 fully saturated rings. The Morgan fingerprint density at radius 2 is 1.81 bits per heavy atom. The molecule has 2 aliphatic heterocycles. The number of fused-ring (bicyclic) bond motifs is 4. The summed E-state index contributed by atoms with van der Waals surface area (Å²) in [4.78, 5) is 7.14. The Hall–Kier alpha value is -2.66. The summed E-state index contributed by atoms with van der Waals surface area (Å²) in [5.41, 5.74) is 5.23. The summed E-state index contributed by atoms with van der Waals surface area (Å²) < 4.78 is 26.3. The largest absolute Gasteiger partial charge is 0.292 e. The summed E-state index contributed by atoms with van der Waals surface area (Å²) in [7, 11) is -3.57. The van der Waals surface area contributed by atoms with Crippen molar-refractivity contribution in [1.29, 1.82) is 0 Å². The highest BCUT2D eigenvalue weighted by atomic mass is 32.2. The van der Waals surface area contributed by atoms with Crippen molar-refractivity contribution < 1.29 is 8.42 Å². The molecular formula is C21H18N2O2S. The average molecular weight is 362 g/mol. The van der Waals surface area contributed by atoms with Crippen molar-refractivity contribution in [2.24, 2.45) is 0 Å². The molecule has 0 amide bonds. The van der Waals surface area contributed by atoms with Crippen LogP contribution >= 0.6 is 0 Å². The molecule has 5 rings (SSSR count). The predicted molar refractivity (Wildman–Crippen MR) is 101 cm³/mol. The molecule has 3 heterocycles. The highest BCUT2D eigenvalue weighted by molar-refractivity contribution is 7.92. The maximum absolute atomic E-state index is 13.2. The van der Waals surface area contributed by atoms with E-state index in [0.29, 0.717) is 16.6 Å². The van der Waals surface area contributed by atoms with E-state index in [1.807, 2.05) is 17.0 Å². The monoisotopic (exact) mass is 362 g/mol. The summed E-state index contributed by atoms with van der Waals surface area (Å²) in [5, 5.41) is 0. The molecule has 26 heavy (non-hydrogen) atoms. The van der Waals surface area contributed by atoms with E-state index in [-0.39, 0.29) is 4.90 Å². The topological polar surface area (TPSA) is 50.3 Å². The Balaban J connectivity index is 1.89. The summed E-state index contributed by atoms with van der Waals surface area (Å²) in [6.45, 7) is 4.33. The number of anilines is 3. The molecule has 0 spiro atoms. The summed E-state index contributed by atoms with van der Waals surface area (Å²) in [5.74, 6) is 0.892. The first kappa shape index (κ1) is 15.6.